The third-order valence-electron chi connectivity index (χ3n) is 1.56. The summed E-state index contributed by atoms with van der Waals surface area (Å²) in [7, 11) is 0. The number of hydrogen-bond donors (Lipinski definition) is 2. The van der Waals surface area contributed by atoms with Crippen LogP contribution in [0.3, 0.4) is 0 Å². The Bertz CT molecular complexity index is 138. The summed E-state index contributed by atoms with van der Waals surface area (Å²) in [5.74, 6) is -0.423. The van der Waals surface area contributed by atoms with Crippen molar-refractivity contribution < 1.29 is 15.0 Å². The first-order chi connectivity index (χ1) is 5.56. The molecule has 0 aromatic rings. The Labute approximate surface area is 77.2 Å². The third kappa shape index (κ3) is 6.49. The van der Waals surface area contributed by atoms with Crippen LogP contribution in [0.25, 0.3) is 0 Å². The fraction of sp³-hybridized carbons (Fsp3) is 0.875. The standard InChI is InChI=1S/C8H16O3S/c1-3-6(2)12-5-7(9)4-8(10)11/h6-7,9H,3-5H2,1-2H3,(H,10,11). The number of aliphatic carboxylic acids is 1. The van der Waals surface area contributed by atoms with E-state index in [2.05, 4.69) is 13.8 Å². The van der Waals surface area contributed by atoms with Gasteiger partial charge in [0.2, 0.25) is 0 Å². The van der Waals surface area contributed by atoms with E-state index < -0.39 is 12.1 Å². The molecule has 0 aliphatic rings. The van der Waals surface area contributed by atoms with Gasteiger partial charge in [-0.05, 0) is 6.42 Å². The Kier molecular flexibility index (Phi) is 6.20. The molecule has 0 saturated carbocycles. The predicted octanol–water partition coefficient (Wildman–Crippen LogP) is 1.35. The van der Waals surface area contributed by atoms with Crippen LogP contribution >= 0.6 is 11.8 Å². The Morgan fingerprint density at radius 3 is 2.58 bits per heavy atom. The first-order valence-electron chi connectivity index (χ1n) is 4.07. The number of rotatable bonds is 6. The first-order valence-corrected chi connectivity index (χ1v) is 5.12. The zero-order chi connectivity index (χ0) is 9.56. The predicted molar refractivity (Wildman–Crippen MR) is 50.5 cm³/mol. The largest absolute Gasteiger partial charge is 0.481 e. The van der Waals surface area contributed by atoms with E-state index >= 15 is 0 Å². The number of aliphatic hydroxyl groups is 1. The van der Waals surface area contributed by atoms with Gasteiger partial charge in [-0.2, -0.15) is 11.8 Å². The number of thioether (sulfide) groups is 1. The topological polar surface area (TPSA) is 57.5 Å². The molecule has 0 spiro atoms. The molecule has 2 unspecified atom stereocenters. The van der Waals surface area contributed by atoms with E-state index in [4.69, 9.17) is 10.2 Å². The van der Waals surface area contributed by atoms with Gasteiger partial charge in [-0.3, -0.25) is 4.79 Å². The average Bonchev–Trinajstić information content (AvgIpc) is 1.99. The molecule has 0 aliphatic carbocycles. The molecule has 3 nitrogen and oxygen atoms in total. The summed E-state index contributed by atoms with van der Waals surface area (Å²) in [5, 5.41) is 18.0. The monoisotopic (exact) mass is 192 g/mol. The quantitative estimate of drug-likeness (QED) is 0.667. The minimum absolute atomic E-state index is 0.149. The molecule has 2 N–H and O–H groups in total. The van der Waals surface area contributed by atoms with Crippen LogP contribution in [0, 0.1) is 0 Å². The average molecular weight is 192 g/mol. The maximum atomic E-state index is 10.2. The maximum Gasteiger partial charge on any atom is 0.306 e. The first kappa shape index (κ1) is 11.8. The van der Waals surface area contributed by atoms with Crippen LogP contribution in [0.4, 0.5) is 0 Å². The molecule has 2 atom stereocenters. The Hall–Kier alpha value is -0.220. The molecule has 0 radical (unpaired) electrons. The van der Waals surface area contributed by atoms with E-state index in [1.807, 2.05) is 0 Å². The van der Waals surface area contributed by atoms with E-state index in [9.17, 15) is 4.79 Å². The highest BCUT2D eigenvalue weighted by molar-refractivity contribution is 7.99. The van der Waals surface area contributed by atoms with Crippen LogP contribution in [0.1, 0.15) is 26.7 Å². The lowest BCUT2D eigenvalue weighted by molar-refractivity contribution is -0.138. The highest BCUT2D eigenvalue weighted by Crippen LogP contribution is 2.15. The summed E-state index contributed by atoms with van der Waals surface area (Å²) >= 11 is 1.61. The minimum Gasteiger partial charge on any atom is -0.481 e. The van der Waals surface area contributed by atoms with Crippen molar-refractivity contribution in [1.82, 2.24) is 0 Å². The van der Waals surface area contributed by atoms with E-state index in [-0.39, 0.29) is 6.42 Å². The van der Waals surface area contributed by atoms with Gasteiger partial charge in [0.15, 0.2) is 0 Å². The Balaban J connectivity index is 3.43. The van der Waals surface area contributed by atoms with Crippen LogP contribution < -0.4 is 0 Å². The molecule has 0 amide bonds. The van der Waals surface area contributed by atoms with Gasteiger partial charge < -0.3 is 10.2 Å². The summed E-state index contributed by atoms with van der Waals surface area (Å²) < 4.78 is 0. The second kappa shape index (κ2) is 6.31. The number of hydrogen-bond acceptors (Lipinski definition) is 3. The summed E-state index contributed by atoms with van der Waals surface area (Å²) in [6.07, 6.45) is 0.190. The maximum absolute atomic E-state index is 10.2. The normalized spacial score (nSPS) is 15.6. The third-order valence-corrected chi connectivity index (χ3v) is 3.04. The van der Waals surface area contributed by atoms with E-state index in [0.717, 1.165) is 6.42 Å². The van der Waals surface area contributed by atoms with Gasteiger partial charge in [0, 0.05) is 11.0 Å². The molecule has 4 heteroatoms. The van der Waals surface area contributed by atoms with Crippen LogP contribution in [-0.2, 0) is 4.79 Å². The molecule has 0 aromatic heterocycles. The highest BCUT2D eigenvalue weighted by atomic mass is 32.2. The van der Waals surface area contributed by atoms with Crippen molar-refractivity contribution in [3.8, 4) is 0 Å². The molecule has 0 rings (SSSR count). The molecule has 0 heterocycles. The Morgan fingerprint density at radius 2 is 2.17 bits per heavy atom. The second-order valence-electron chi connectivity index (χ2n) is 2.80. The van der Waals surface area contributed by atoms with Crippen molar-refractivity contribution >= 4 is 17.7 Å². The van der Waals surface area contributed by atoms with Gasteiger partial charge in [-0.25, -0.2) is 0 Å². The second-order valence-corrected chi connectivity index (χ2v) is 4.28. The van der Waals surface area contributed by atoms with Crippen LogP contribution in [0.5, 0.6) is 0 Å². The van der Waals surface area contributed by atoms with Crippen molar-refractivity contribution in [2.75, 3.05) is 5.75 Å². The number of carbonyl (C=O) groups is 1. The van der Waals surface area contributed by atoms with Gasteiger partial charge in [0.25, 0.3) is 0 Å². The molecular formula is C8H16O3S. The van der Waals surface area contributed by atoms with Crippen molar-refractivity contribution in [2.24, 2.45) is 0 Å². The molecule has 0 saturated heterocycles. The van der Waals surface area contributed by atoms with Crippen LogP contribution in [0.15, 0.2) is 0 Å². The van der Waals surface area contributed by atoms with Crippen LogP contribution in [0.2, 0.25) is 0 Å². The van der Waals surface area contributed by atoms with Gasteiger partial charge >= 0.3 is 5.97 Å². The minimum atomic E-state index is -0.938. The summed E-state index contributed by atoms with van der Waals surface area (Å²) in [4.78, 5) is 10.2. The fourth-order valence-electron chi connectivity index (χ4n) is 0.654. The van der Waals surface area contributed by atoms with Crippen LogP contribution in [-0.4, -0.2) is 33.3 Å². The van der Waals surface area contributed by atoms with Crippen molar-refractivity contribution in [3.05, 3.63) is 0 Å². The van der Waals surface area contributed by atoms with E-state index in [0.29, 0.717) is 11.0 Å². The van der Waals surface area contributed by atoms with Gasteiger partial charge in [-0.15, -0.1) is 0 Å². The molecule has 0 aromatic carbocycles. The molecule has 72 valence electrons. The number of carboxylic acids is 1. The number of aliphatic hydroxyl groups excluding tert-OH is 1. The summed E-state index contributed by atoms with van der Waals surface area (Å²) in [6.45, 7) is 4.14. The lowest BCUT2D eigenvalue weighted by Crippen LogP contribution is -2.16. The molecule has 0 bridgehead atoms. The lowest BCUT2D eigenvalue weighted by Gasteiger charge is -2.11. The molecule has 0 aliphatic heterocycles. The van der Waals surface area contributed by atoms with Gasteiger partial charge in [-0.1, -0.05) is 13.8 Å². The van der Waals surface area contributed by atoms with Crippen molar-refractivity contribution in [3.63, 3.8) is 0 Å². The van der Waals surface area contributed by atoms with E-state index in [1.165, 1.54) is 0 Å². The molecular weight excluding hydrogens is 176 g/mol. The van der Waals surface area contributed by atoms with E-state index in [1.54, 1.807) is 11.8 Å². The molecule has 12 heavy (non-hydrogen) atoms. The SMILES string of the molecule is CCC(C)SCC(O)CC(=O)O. The summed E-state index contributed by atoms with van der Waals surface area (Å²) in [5.41, 5.74) is 0. The molecule has 0 fully saturated rings. The Morgan fingerprint density at radius 1 is 1.58 bits per heavy atom. The van der Waals surface area contributed by atoms with Gasteiger partial charge in [0.05, 0.1) is 12.5 Å². The zero-order valence-electron chi connectivity index (χ0n) is 7.49. The fourth-order valence-corrected chi connectivity index (χ4v) is 1.56. The van der Waals surface area contributed by atoms with Gasteiger partial charge in [0.1, 0.15) is 0 Å². The van der Waals surface area contributed by atoms with Crippen molar-refractivity contribution in [2.45, 2.75) is 38.0 Å². The lowest BCUT2D eigenvalue weighted by atomic mass is 10.3. The zero-order valence-corrected chi connectivity index (χ0v) is 8.30. The number of carboxylic acid groups (broad SMARTS) is 1. The van der Waals surface area contributed by atoms with Crippen molar-refractivity contribution in [1.29, 1.82) is 0 Å². The highest BCUT2D eigenvalue weighted by Gasteiger charge is 2.10. The smallest absolute Gasteiger partial charge is 0.306 e. The summed E-state index contributed by atoms with van der Waals surface area (Å²) in [6, 6.07) is 0.